The standard InChI is InChI=1S/C15H16N8O4/c1-3-9-11(18-22-23(9)14-13(16)20-27-21-14)15(25)19-17-7-8-5-4-6-10(26-2)12(8)24/h4-7,24H,3H2,1-2H3,(H2,16,20)(H,19,25)/b17-7-. The van der Waals surface area contributed by atoms with Gasteiger partial charge >= 0.3 is 0 Å². The highest BCUT2D eigenvalue weighted by molar-refractivity contribution is 5.94. The van der Waals surface area contributed by atoms with Gasteiger partial charge in [0, 0.05) is 5.56 Å². The van der Waals surface area contributed by atoms with Crippen molar-refractivity contribution in [1.29, 1.82) is 0 Å². The molecule has 0 unspecified atom stereocenters. The van der Waals surface area contributed by atoms with Crippen LogP contribution in [0.15, 0.2) is 27.9 Å². The molecular weight excluding hydrogens is 356 g/mol. The number of nitrogens with zero attached hydrogens (tertiary/aromatic N) is 6. The monoisotopic (exact) mass is 372 g/mol. The summed E-state index contributed by atoms with van der Waals surface area (Å²) >= 11 is 0. The molecule has 3 aromatic rings. The van der Waals surface area contributed by atoms with E-state index in [1.807, 2.05) is 6.92 Å². The molecule has 2 heterocycles. The number of benzene rings is 1. The van der Waals surface area contributed by atoms with Crippen molar-refractivity contribution >= 4 is 17.9 Å². The molecule has 0 aliphatic rings. The molecule has 0 radical (unpaired) electrons. The Morgan fingerprint density at radius 2 is 2.30 bits per heavy atom. The molecule has 140 valence electrons. The van der Waals surface area contributed by atoms with E-state index in [1.54, 1.807) is 18.2 Å². The number of methoxy groups -OCH3 is 1. The van der Waals surface area contributed by atoms with Crippen molar-refractivity contribution in [3.8, 4) is 17.3 Å². The second-order valence-corrected chi connectivity index (χ2v) is 5.22. The van der Waals surface area contributed by atoms with Crippen LogP contribution in [0.3, 0.4) is 0 Å². The molecule has 12 heteroatoms. The molecule has 27 heavy (non-hydrogen) atoms. The Bertz CT molecular complexity index is 994. The fraction of sp³-hybridized carbons (Fsp3) is 0.200. The number of rotatable bonds is 6. The number of aromatic hydroxyl groups is 1. The average Bonchev–Trinajstić information content (AvgIpc) is 3.28. The molecule has 1 amide bonds. The van der Waals surface area contributed by atoms with Gasteiger partial charge in [-0.1, -0.05) is 18.2 Å². The number of nitrogens with two attached hydrogens (primary N) is 1. The van der Waals surface area contributed by atoms with Gasteiger partial charge in [-0.3, -0.25) is 4.79 Å². The predicted octanol–water partition coefficient (Wildman–Crippen LogP) is 0.273. The van der Waals surface area contributed by atoms with Gasteiger partial charge in [0.15, 0.2) is 17.2 Å². The maximum absolute atomic E-state index is 12.4. The van der Waals surface area contributed by atoms with Crippen molar-refractivity contribution < 1.29 is 19.3 Å². The molecule has 4 N–H and O–H groups in total. The number of para-hydroxylation sites is 1. The molecule has 0 fully saturated rings. The van der Waals surface area contributed by atoms with E-state index in [4.69, 9.17) is 10.5 Å². The van der Waals surface area contributed by atoms with E-state index < -0.39 is 5.91 Å². The van der Waals surface area contributed by atoms with Crippen molar-refractivity contribution in [2.24, 2.45) is 5.10 Å². The second kappa shape index (κ2) is 7.51. The minimum atomic E-state index is -0.591. The fourth-order valence-electron chi connectivity index (χ4n) is 2.32. The van der Waals surface area contributed by atoms with Crippen LogP contribution in [-0.4, -0.2) is 49.6 Å². The zero-order valence-corrected chi connectivity index (χ0v) is 14.4. The summed E-state index contributed by atoms with van der Waals surface area (Å²) in [5, 5.41) is 28.7. The molecule has 0 aliphatic heterocycles. The lowest BCUT2D eigenvalue weighted by molar-refractivity contribution is 0.0949. The number of phenols is 1. The van der Waals surface area contributed by atoms with Gasteiger partial charge in [-0.2, -0.15) is 9.78 Å². The molecule has 3 rings (SSSR count). The highest BCUT2D eigenvalue weighted by Gasteiger charge is 2.22. The Hall–Kier alpha value is -3.96. The first-order valence-electron chi connectivity index (χ1n) is 7.79. The zero-order valence-electron chi connectivity index (χ0n) is 14.4. The Kier molecular flexibility index (Phi) is 4.97. The van der Waals surface area contributed by atoms with Gasteiger partial charge in [0.25, 0.3) is 5.91 Å². The maximum atomic E-state index is 12.4. The van der Waals surface area contributed by atoms with Crippen molar-refractivity contribution in [3.05, 3.63) is 35.2 Å². The number of hydrogen-bond donors (Lipinski definition) is 3. The van der Waals surface area contributed by atoms with E-state index in [9.17, 15) is 9.90 Å². The molecule has 0 spiro atoms. The summed E-state index contributed by atoms with van der Waals surface area (Å²) in [4.78, 5) is 12.4. The van der Waals surface area contributed by atoms with Crippen LogP contribution < -0.4 is 15.9 Å². The van der Waals surface area contributed by atoms with Gasteiger partial charge in [0.05, 0.1) is 19.0 Å². The molecule has 0 saturated heterocycles. The summed E-state index contributed by atoms with van der Waals surface area (Å²) in [6.07, 6.45) is 1.70. The van der Waals surface area contributed by atoms with E-state index in [0.29, 0.717) is 23.4 Å². The third kappa shape index (κ3) is 3.40. The Morgan fingerprint density at radius 1 is 1.48 bits per heavy atom. The number of nitrogen functional groups attached to an aromatic ring is 1. The predicted molar refractivity (Wildman–Crippen MR) is 92.7 cm³/mol. The largest absolute Gasteiger partial charge is 0.504 e. The van der Waals surface area contributed by atoms with Gasteiger partial charge in [0.1, 0.15) is 0 Å². The number of phenolic OH excluding ortho intramolecular Hbond substituents is 1. The maximum Gasteiger partial charge on any atom is 0.293 e. The molecule has 2 aromatic heterocycles. The van der Waals surface area contributed by atoms with Crippen LogP contribution in [0.1, 0.15) is 28.7 Å². The highest BCUT2D eigenvalue weighted by Crippen LogP contribution is 2.27. The number of carbonyl (C=O) groups is 1. The molecule has 0 aliphatic carbocycles. The normalized spacial score (nSPS) is 11.0. The summed E-state index contributed by atoms with van der Waals surface area (Å²) in [6, 6.07) is 4.89. The summed E-state index contributed by atoms with van der Waals surface area (Å²) < 4.78 is 10.8. The van der Waals surface area contributed by atoms with E-state index in [-0.39, 0.29) is 23.1 Å². The van der Waals surface area contributed by atoms with Crippen LogP contribution in [0.25, 0.3) is 5.82 Å². The van der Waals surface area contributed by atoms with Gasteiger partial charge in [-0.15, -0.1) is 5.10 Å². The van der Waals surface area contributed by atoms with Crippen LogP contribution in [0, 0.1) is 0 Å². The fourth-order valence-corrected chi connectivity index (χ4v) is 2.32. The van der Waals surface area contributed by atoms with Crippen molar-refractivity contribution in [3.63, 3.8) is 0 Å². The van der Waals surface area contributed by atoms with Crippen LogP contribution in [0.2, 0.25) is 0 Å². The molecule has 0 bridgehead atoms. The number of anilines is 1. The van der Waals surface area contributed by atoms with Crippen molar-refractivity contribution in [2.45, 2.75) is 13.3 Å². The lowest BCUT2D eigenvalue weighted by Crippen LogP contribution is -2.20. The zero-order chi connectivity index (χ0) is 19.4. The lowest BCUT2D eigenvalue weighted by atomic mass is 10.2. The number of hydrazone groups is 1. The van der Waals surface area contributed by atoms with Gasteiger partial charge < -0.3 is 15.6 Å². The van der Waals surface area contributed by atoms with E-state index >= 15 is 0 Å². The molecule has 12 nitrogen and oxygen atoms in total. The number of amides is 1. The Labute approximate surface area is 152 Å². The van der Waals surface area contributed by atoms with Crippen molar-refractivity contribution in [1.82, 2.24) is 30.7 Å². The van der Waals surface area contributed by atoms with Crippen LogP contribution in [-0.2, 0) is 6.42 Å². The number of aromatic nitrogens is 5. The summed E-state index contributed by atoms with van der Waals surface area (Å²) in [7, 11) is 1.44. The third-order valence-electron chi connectivity index (χ3n) is 3.63. The average molecular weight is 372 g/mol. The lowest BCUT2D eigenvalue weighted by Gasteiger charge is -2.05. The van der Waals surface area contributed by atoms with Crippen LogP contribution in [0.5, 0.6) is 11.5 Å². The van der Waals surface area contributed by atoms with Gasteiger partial charge in [-0.25, -0.2) is 10.1 Å². The Balaban J connectivity index is 1.79. The first-order valence-corrected chi connectivity index (χ1v) is 7.79. The molecule has 0 atom stereocenters. The Morgan fingerprint density at radius 3 is 2.96 bits per heavy atom. The quantitative estimate of drug-likeness (QED) is 0.406. The van der Waals surface area contributed by atoms with E-state index in [1.165, 1.54) is 18.0 Å². The summed E-state index contributed by atoms with van der Waals surface area (Å²) in [6.45, 7) is 1.81. The van der Waals surface area contributed by atoms with E-state index in [0.717, 1.165) is 0 Å². The molecule has 1 aromatic carbocycles. The summed E-state index contributed by atoms with van der Waals surface area (Å²) in [5.74, 6) is -0.226. The number of nitrogens with one attached hydrogen (secondary N) is 1. The van der Waals surface area contributed by atoms with E-state index in [2.05, 4.69) is 35.8 Å². The second-order valence-electron chi connectivity index (χ2n) is 5.22. The smallest absolute Gasteiger partial charge is 0.293 e. The minimum absolute atomic E-state index is 0.0214. The third-order valence-corrected chi connectivity index (χ3v) is 3.63. The SMILES string of the molecule is CCc1c(C(=O)N/N=C\c2cccc(OC)c2O)nnn1-c1nonc1N. The number of ether oxygens (including phenoxy) is 1. The van der Waals surface area contributed by atoms with Gasteiger partial charge in [0.2, 0.25) is 11.6 Å². The minimum Gasteiger partial charge on any atom is -0.504 e. The molecular formula is C15H16N8O4. The topological polar surface area (TPSA) is 167 Å². The van der Waals surface area contributed by atoms with Crippen molar-refractivity contribution in [2.75, 3.05) is 12.8 Å². The van der Waals surface area contributed by atoms with Gasteiger partial charge in [-0.05, 0) is 28.9 Å². The number of hydrogen-bond acceptors (Lipinski definition) is 10. The van der Waals surface area contributed by atoms with Crippen LogP contribution in [0.4, 0.5) is 5.82 Å². The number of carbonyl (C=O) groups excluding carboxylic acids is 1. The molecule has 0 saturated carbocycles. The summed E-state index contributed by atoms with van der Waals surface area (Å²) in [5.41, 5.74) is 8.85. The first-order chi connectivity index (χ1) is 13.1. The highest BCUT2D eigenvalue weighted by atomic mass is 16.6. The van der Waals surface area contributed by atoms with Crippen LogP contribution >= 0.6 is 0 Å². The first kappa shape index (κ1) is 17.8.